The number of nitrogens with one attached hydrogen (secondary N) is 1. The summed E-state index contributed by atoms with van der Waals surface area (Å²) >= 11 is 0. The van der Waals surface area contributed by atoms with E-state index in [9.17, 15) is 4.79 Å². The summed E-state index contributed by atoms with van der Waals surface area (Å²) < 4.78 is 7.27. The molecule has 2 aromatic rings. The molecule has 1 aliphatic carbocycles. The second-order valence-corrected chi connectivity index (χ2v) is 6.56. The lowest BCUT2D eigenvalue weighted by atomic mass is 9.93. The number of nitrogens with zero attached hydrogens (tertiary/aromatic N) is 2. The number of hydrogen-bond acceptors (Lipinski definition) is 3. The van der Waals surface area contributed by atoms with Crippen molar-refractivity contribution in [1.29, 1.82) is 0 Å². The van der Waals surface area contributed by atoms with Gasteiger partial charge in [0.15, 0.2) is 0 Å². The van der Waals surface area contributed by atoms with Crippen LogP contribution >= 0.6 is 0 Å². The number of hydrogen-bond donors (Lipinski definition) is 1. The third kappa shape index (κ3) is 2.73. The summed E-state index contributed by atoms with van der Waals surface area (Å²) in [6.07, 6.45) is 8.07. The molecule has 0 bridgehead atoms. The van der Waals surface area contributed by atoms with Gasteiger partial charge in [0, 0.05) is 18.2 Å². The van der Waals surface area contributed by atoms with Gasteiger partial charge in [-0.05, 0) is 39.7 Å². The molecule has 2 heterocycles. The van der Waals surface area contributed by atoms with Crippen LogP contribution in [0.4, 0.5) is 0 Å². The largest absolute Gasteiger partial charge is 0.469 e. The number of rotatable bonds is 2. The molecule has 1 amide bonds. The van der Waals surface area contributed by atoms with Gasteiger partial charge in [-0.15, -0.1) is 0 Å². The van der Waals surface area contributed by atoms with Crippen LogP contribution in [0.2, 0.25) is 0 Å². The fraction of sp³-hybridized carbons (Fsp3) is 0.500. The monoisotopic (exact) mass is 287 g/mol. The number of carbonyl (C=O) groups is 1. The number of aryl methyl sites for hydroxylation is 1. The van der Waals surface area contributed by atoms with E-state index in [0.29, 0.717) is 5.56 Å². The molecule has 0 spiro atoms. The molecule has 1 atom stereocenters. The molecule has 0 saturated carbocycles. The molecular weight excluding hydrogens is 266 g/mol. The number of aromatic nitrogens is 2. The van der Waals surface area contributed by atoms with Crippen molar-refractivity contribution in [2.45, 2.75) is 51.6 Å². The van der Waals surface area contributed by atoms with Crippen molar-refractivity contribution in [2.24, 2.45) is 0 Å². The van der Waals surface area contributed by atoms with Crippen molar-refractivity contribution in [3.05, 3.63) is 41.6 Å². The Morgan fingerprint density at radius 1 is 1.48 bits per heavy atom. The first kappa shape index (κ1) is 13.9. The van der Waals surface area contributed by atoms with Gasteiger partial charge in [0.2, 0.25) is 0 Å². The Bertz CT molecular complexity index is 649. The van der Waals surface area contributed by atoms with Gasteiger partial charge in [0.1, 0.15) is 5.76 Å². The van der Waals surface area contributed by atoms with Crippen molar-refractivity contribution in [1.82, 2.24) is 15.1 Å². The number of fused-ring (bicyclic) bond motifs is 1. The molecule has 2 aromatic heterocycles. The summed E-state index contributed by atoms with van der Waals surface area (Å²) in [6.45, 7) is 6.17. The van der Waals surface area contributed by atoms with Crippen LogP contribution < -0.4 is 5.32 Å². The first-order chi connectivity index (χ1) is 9.95. The standard InChI is InChI=1S/C16H21N3O2/c1-16(2,3)19-10-11(9-17-19)15(20)18-13-5-4-6-14-12(13)7-8-21-14/h7-10,13H,4-6H2,1-3H3,(H,18,20). The lowest BCUT2D eigenvalue weighted by molar-refractivity contribution is 0.0932. The maximum atomic E-state index is 12.4. The average Bonchev–Trinajstić information content (AvgIpc) is 3.07. The van der Waals surface area contributed by atoms with Crippen LogP contribution in [0, 0.1) is 0 Å². The van der Waals surface area contributed by atoms with Gasteiger partial charge in [-0.25, -0.2) is 0 Å². The van der Waals surface area contributed by atoms with Gasteiger partial charge in [-0.1, -0.05) is 0 Å². The van der Waals surface area contributed by atoms with Gasteiger partial charge < -0.3 is 9.73 Å². The zero-order valence-electron chi connectivity index (χ0n) is 12.7. The Kier molecular flexibility index (Phi) is 3.35. The van der Waals surface area contributed by atoms with Crippen molar-refractivity contribution < 1.29 is 9.21 Å². The highest BCUT2D eigenvalue weighted by molar-refractivity contribution is 5.94. The first-order valence-corrected chi connectivity index (χ1v) is 7.37. The van der Waals surface area contributed by atoms with Crippen molar-refractivity contribution in [3.8, 4) is 0 Å². The zero-order valence-corrected chi connectivity index (χ0v) is 12.7. The average molecular weight is 287 g/mol. The topological polar surface area (TPSA) is 60.1 Å². The van der Waals surface area contributed by atoms with E-state index >= 15 is 0 Å². The van der Waals surface area contributed by atoms with E-state index in [0.717, 1.165) is 30.6 Å². The Labute approximate surface area is 124 Å². The summed E-state index contributed by atoms with van der Waals surface area (Å²) in [4.78, 5) is 12.4. The quantitative estimate of drug-likeness (QED) is 0.923. The molecule has 0 aliphatic heterocycles. The highest BCUT2D eigenvalue weighted by Gasteiger charge is 2.25. The SMILES string of the molecule is CC(C)(C)n1cc(C(=O)NC2CCCc3occc32)cn1. The molecule has 0 aromatic carbocycles. The molecule has 21 heavy (non-hydrogen) atoms. The van der Waals surface area contributed by atoms with E-state index in [-0.39, 0.29) is 17.5 Å². The van der Waals surface area contributed by atoms with E-state index in [2.05, 4.69) is 31.2 Å². The molecule has 3 rings (SSSR count). The number of amides is 1. The van der Waals surface area contributed by atoms with Crippen LogP contribution in [0.3, 0.4) is 0 Å². The zero-order chi connectivity index (χ0) is 15.0. The Balaban J connectivity index is 1.75. The van der Waals surface area contributed by atoms with Gasteiger partial charge in [-0.3, -0.25) is 9.48 Å². The minimum absolute atomic E-state index is 0.0398. The predicted molar refractivity (Wildman–Crippen MR) is 79.1 cm³/mol. The van der Waals surface area contributed by atoms with E-state index in [1.165, 1.54) is 0 Å². The van der Waals surface area contributed by atoms with Crippen LogP contribution in [0.25, 0.3) is 0 Å². The van der Waals surface area contributed by atoms with E-state index in [4.69, 9.17) is 4.42 Å². The molecular formula is C16H21N3O2. The summed E-state index contributed by atoms with van der Waals surface area (Å²) in [5.41, 5.74) is 1.58. The molecule has 5 nitrogen and oxygen atoms in total. The maximum Gasteiger partial charge on any atom is 0.254 e. The molecule has 0 saturated heterocycles. The lowest BCUT2D eigenvalue weighted by Crippen LogP contribution is -2.30. The highest BCUT2D eigenvalue weighted by Crippen LogP contribution is 2.30. The van der Waals surface area contributed by atoms with E-state index in [1.807, 2.05) is 10.7 Å². The van der Waals surface area contributed by atoms with Gasteiger partial charge in [0.25, 0.3) is 5.91 Å². The minimum Gasteiger partial charge on any atom is -0.469 e. The molecule has 1 unspecified atom stereocenters. The van der Waals surface area contributed by atoms with Crippen LogP contribution in [-0.4, -0.2) is 15.7 Å². The maximum absolute atomic E-state index is 12.4. The van der Waals surface area contributed by atoms with Crippen LogP contribution in [0.5, 0.6) is 0 Å². The van der Waals surface area contributed by atoms with Crippen molar-refractivity contribution >= 4 is 5.91 Å². The first-order valence-electron chi connectivity index (χ1n) is 7.37. The molecule has 1 N–H and O–H groups in total. The number of carbonyl (C=O) groups excluding carboxylic acids is 1. The normalized spacial score (nSPS) is 18.3. The second-order valence-electron chi connectivity index (χ2n) is 6.56. The van der Waals surface area contributed by atoms with Crippen LogP contribution in [-0.2, 0) is 12.0 Å². The Morgan fingerprint density at radius 3 is 3.00 bits per heavy atom. The molecule has 0 radical (unpaired) electrons. The third-order valence-corrected chi connectivity index (χ3v) is 3.89. The third-order valence-electron chi connectivity index (χ3n) is 3.89. The second kappa shape index (κ2) is 5.06. The molecule has 0 fully saturated rings. The lowest BCUT2D eigenvalue weighted by Gasteiger charge is -2.22. The highest BCUT2D eigenvalue weighted by atomic mass is 16.3. The summed E-state index contributed by atoms with van der Waals surface area (Å²) in [7, 11) is 0. The van der Waals surface area contributed by atoms with E-state index in [1.54, 1.807) is 18.7 Å². The van der Waals surface area contributed by atoms with Gasteiger partial charge >= 0.3 is 0 Å². The summed E-state index contributed by atoms with van der Waals surface area (Å²) in [5, 5.41) is 7.36. The Hall–Kier alpha value is -2.04. The smallest absolute Gasteiger partial charge is 0.254 e. The van der Waals surface area contributed by atoms with Crippen molar-refractivity contribution in [2.75, 3.05) is 0 Å². The van der Waals surface area contributed by atoms with Gasteiger partial charge in [-0.2, -0.15) is 5.10 Å². The Morgan fingerprint density at radius 2 is 2.29 bits per heavy atom. The molecule has 5 heteroatoms. The summed E-state index contributed by atoms with van der Waals surface area (Å²) in [5.74, 6) is 0.918. The molecule has 112 valence electrons. The molecule has 1 aliphatic rings. The van der Waals surface area contributed by atoms with Crippen LogP contribution in [0.1, 0.15) is 61.3 Å². The number of furan rings is 1. The fourth-order valence-corrected chi connectivity index (χ4v) is 2.68. The summed E-state index contributed by atoms with van der Waals surface area (Å²) in [6, 6.07) is 2.00. The van der Waals surface area contributed by atoms with Gasteiger partial charge in [0.05, 0.1) is 29.6 Å². The minimum atomic E-state index is -0.124. The van der Waals surface area contributed by atoms with E-state index < -0.39 is 0 Å². The predicted octanol–water partition coefficient (Wildman–Crippen LogP) is 3.04. The fourth-order valence-electron chi connectivity index (χ4n) is 2.68. The van der Waals surface area contributed by atoms with Crippen LogP contribution in [0.15, 0.2) is 29.1 Å². The van der Waals surface area contributed by atoms with Crippen molar-refractivity contribution in [3.63, 3.8) is 0 Å².